The molecule has 2 rings (SSSR count). The second kappa shape index (κ2) is 10.3. The van der Waals surface area contributed by atoms with Crippen LogP contribution in [-0.4, -0.2) is 80.1 Å². The van der Waals surface area contributed by atoms with Crippen molar-refractivity contribution >= 4 is 36.3 Å². The van der Waals surface area contributed by atoms with Gasteiger partial charge in [-0.3, -0.25) is 14.4 Å². The molecule has 0 aromatic carbocycles. The average Bonchev–Trinajstić information content (AvgIpc) is 3.36. The Bertz CT molecular complexity index is 741. The van der Waals surface area contributed by atoms with Crippen molar-refractivity contribution in [3.63, 3.8) is 0 Å². The van der Waals surface area contributed by atoms with Gasteiger partial charge in [0.25, 0.3) is 0 Å². The third kappa shape index (κ3) is 5.94. The number of hydrogen-bond donors (Lipinski definition) is 6. The Balaban J connectivity index is 2.17. The fourth-order valence-corrected chi connectivity index (χ4v) is 3.33. The monoisotopic (exact) mass is 426 g/mol. The summed E-state index contributed by atoms with van der Waals surface area (Å²) in [6.45, 7) is 1.77. The summed E-state index contributed by atoms with van der Waals surface area (Å²) in [7, 11) is 0. The highest BCUT2D eigenvalue weighted by molar-refractivity contribution is 7.80. The second-order valence-corrected chi connectivity index (χ2v) is 7.27. The van der Waals surface area contributed by atoms with Crippen LogP contribution >= 0.6 is 12.6 Å². The third-order valence-electron chi connectivity index (χ3n) is 4.64. The maximum atomic E-state index is 13.1. The lowest BCUT2D eigenvalue weighted by atomic mass is 10.1. The molecular weight excluding hydrogens is 400 g/mol. The summed E-state index contributed by atoms with van der Waals surface area (Å²) < 4.78 is 0. The summed E-state index contributed by atoms with van der Waals surface area (Å²) in [5.41, 5.74) is 6.10. The first-order chi connectivity index (χ1) is 13.7. The highest BCUT2D eigenvalue weighted by Gasteiger charge is 2.38. The van der Waals surface area contributed by atoms with Gasteiger partial charge in [0.15, 0.2) is 0 Å². The van der Waals surface area contributed by atoms with Crippen LogP contribution < -0.4 is 16.4 Å². The van der Waals surface area contributed by atoms with Crippen molar-refractivity contribution in [3.8, 4) is 0 Å². The molecule has 12 heteroatoms. The zero-order chi connectivity index (χ0) is 21.6. The highest BCUT2D eigenvalue weighted by atomic mass is 32.1. The number of nitrogens with zero attached hydrogens (tertiary/aromatic N) is 2. The molecule has 0 saturated carbocycles. The lowest BCUT2D eigenvalue weighted by Crippen LogP contribution is -2.58. The molecule has 4 unspecified atom stereocenters. The van der Waals surface area contributed by atoms with Gasteiger partial charge in [0.2, 0.25) is 17.7 Å². The van der Waals surface area contributed by atoms with Crippen molar-refractivity contribution in [1.82, 2.24) is 25.5 Å². The van der Waals surface area contributed by atoms with Crippen LogP contribution in [0.25, 0.3) is 0 Å². The summed E-state index contributed by atoms with van der Waals surface area (Å²) in [6, 6.07) is -3.77. The molecule has 1 aliphatic heterocycles. The molecule has 1 fully saturated rings. The number of nitrogens with one attached hydrogen (secondary N) is 3. The number of rotatable bonds is 9. The quantitative estimate of drug-likeness (QED) is 0.255. The van der Waals surface area contributed by atoms with Gasteiger partial charge in [-0.15, -0.1) is 0 Å². The first-order valence-corrected chi connectivity index (χ1v) is 9.85. The molecule has 1 aromatic rings. The highest BCUT2D eigenvalue weighted by Crippen LogP contribution is 2.19. The zero-order valence-electron chi connectivity index (χ0n) is 16.0. The van der Waals surface area contributed by atoms with E-state index in [0.717, 1.165) is 0 Å². The summed E-state index contributed by atoms with van der Waals surface area (Å²) in [6.07, 6.45) is 3.97. The summed E-state index contributed by atoms with van der Waals surface area (Å²) in [5.74, 6) is -2.73. The number of aliphatic carboxylic acids is 1. The Morgan fingerprint density at radius 3 is 2.59 bits per heavy atom. The van der Waals surface area contributed by atoms with Crippen LogP contribution in [-0.2, 0) is 25.6 Å². The second-order valence-electron chi connectivity index (χ2n) is 6.90. The van der Waals surface area contributed by atoms with Crippen LogP contribution in [0.2, 0.25) is 0 Å². The lowest BCUT2D eigenvalue weighted by Gasteiger charge is -2.28. The van der Waals surface area contributed by atoms with Crippen LogP contribution in [0, 0.1) is 0 Å². The first kappa shape index (κ1) is 22.7. The number of nitrogens with two attached hydrogens (primary N) is 1. The molecule has 4 atom stereocenters. The third-order valence-corrected chi connectivity index (χ3v) is 5.01. The van der Waals surface area contributed by atoms with E-state index in [1.165, 1.54) is 24.3 Å². The maximum absolute atomic E-state index is 13.1. The standard InChI is InChI=1S/C17H26N6O5S/c1-9(18)14(24)22-12(7-29)15(25)21-11(5-10-6-19-8-20-10)16(26)23-4-2-3-13(23)17(27)28/h6,8-9,11-13,29H,2-5,7,18H2,1H3,(H,19,20)(H,21,25)(H,22,24)(H,27,28). The summed E-state index contributed by atoms with van der Waals surface area (Å²) >= 11 is 4.08. The van der Waals surface area contributed by atoms with E-state index in [1.807, 2.05) is 0 Å². The number of aromatic amines is 1. The normalized spacial score (nSPS) is 19.3. The van der Waals surface area contributed by atoms with Gasteiger partial charge in [-0.05, 0) is 19.8 Å². The number of carbonyl (C=O) groups excluding carboxylic acids is 3. The van der Waals surface area contributed by atoms with Gasteiger partial charge in [-0.1, -0.05) is 0 Å². The maximum Gasteiger partial charge on any atom is 0.326 e. The number of imidazole rings is 1. The van der Waals surface area contributed by atoms with Crippen LogP contribution in [0.3, 0.4) is 0 Å². The van der Waals surface area contributed by atoms with Crippen molar-refractivity contribution in [2.75, 3.05) is 12.3 Å². The molecule has 1 saturated heterocycles. The Hall–Kier alpha value is -2.60. The minimum absolute atomic E-state index is 0.00325. The van der Waals surface area contributed by atoms with Crippen molar-refractivity contribution < 1.29 is 24.3 Å². The largest absolute Gasteiger partial charge is 0.480 e. The molecule has 6 N–H and O–H groups in total. The van der Waals surface area contributed by atoms with Gasteiger partial charge in [0, 0.05) is 30.6 Å². The van der Waals surface area contributed by atoms with E-state index >= 15 is 0 Å². The van der Waals surface area contributed by atoms with Gasteiger partial charge in [0.1, 0.15) is 18.1 Å². The van der Waals surface area contributed by atoms with Gasteiger partial charge >= 0.3 is 5.97 Å². The number of amides is 3. The molecule has 0 aliphatic carbocycles. The van der Waals surface area contributed by atoms with Crippen molar-refractivity contribution in [2.45, 2.75) is 50.4 Å². The summed E-state index contributed by atoms with van der Waals surface area (Å²) in [5, 5.41) is 14.4. The molecule has 0 spiro atoms. The Morgan fingerprint density at radius 2 is 2.03 bits per heavy atom. The Morgan fingerprint density at radius 1 is 1.34 bits per heavy atom. The average molecular weight is 426 g/mol. The minimum Gasteiger partial charge on any atom is -0.480 e. The van der Waals surface area contributed by atoms with E-state index in [2.05, 4.69) is 33.2 Å². The minimum atomic E-state index is -1.08. The van der Waals surface area contributed by atoms with E-state index in [4.69, 9.17) is 5.73 Å². The fourth-order valence-electron chi connectivity index (χ4n) is 3.07. The topological polar surface area (TPSA) is 171 Å². The van der Waals surface area contributed by atoms with Gasteiger partial charge < -0.3 is 31.4 Å². The lowest BCUT2D eigenvalue weighted by molar-refractivity contribution is -0.149. The van der Waals surface area contributed by atoms with Crippen LogP contribution in [0.15, 0.2) is 12.5 Å². The Labute approximate surface area is 173 Å². The number of carboxylic acids is 1. The molecule has 0 bridgehead atoms. The molecule has 1 aromatic heterocycles. The predicted molar refractivity (Wildman–Crippen MR) is 106 cm³/mol. The predicted octanol–water partition coefficient (Wildman–Crippen LogP) is -1.73. The van der Waals surface area contributed by atoms with E-state index in [0.29, 0.717) is 25.1 Å². The van der Waals surface area contributed by atoms with Gasteiger partial charge in [-0.25, -0.2) is 9.78 Å². The van der Waals surface area contributed by atoms with Crippen LogP contribution in [0.1, 0.15) is 25.5 Å². The number of H-pyrrole nitrogens is 1. The van der Waals surface area contributed by atoms with E-state index < -0.39 is 47.9 Å². The molecular formula is C17H26N6O5S. The van der Waals surface area contributed by atoms with Gasteiger partial charge in [-0.2, -0.15) is 12.6 Å². The molecule has 29 heavy (non-hydrogen) atoms. The number of carbonyl (C=O) groups is 4. The summed E-state index contributed by atoms with van der Waals surface area (Å²) in [4.78, 5) is 57.0. The van der Waals surface area contributed by atoms with Crippen molar-refractivity contribution in [3.05, 3.63) is 18.2 Å². The van der Waals surface area contributed by atoms with E-state index in [1.54, 1.807) is 0 Å². The SMILES string of the molecule is CC(N)C(=O)NC(CS)C(=O)NC(Cc1cnc[nH]1)C(=O)N1CCCC1C(=O)O. The van der Waals surface area contributed by atoms with E-state index in [9.17, 15) is 24.3 Å². The van der Waals surface area contributed by atoms with Crippen LogP contribution in [0.5, 0.6) is 0 Å². The first-order valence-electron chi connectivity index (χ1n) is 9.22. The molecule has 11 nitrogen and oxygen atoms in total. The number of likely N-dealkylation sites (tertiary alicyclic amines) is 1. The molecule has 160 valence electrons. The molecule has 1 aliphatic rings. The number of thiol groups is 1. The van der Waals surface area contributed by atoms with E-state index in [-0.39, 0.29) is 12.2 Å². The smallest absolute Gasteiger partial charge is 0.326 e. The zero-order valence-corrected chi connectivity index (χ0v) is 16.9. The fraction of sp³-hybridized carbons (Fsp3) is 0.588. The number of hydrogen-bond acceptors (Lipinski definition) is 7. The molecule has 0 radical (unpaired) electrons. The van der Waals surface area contributed by atoms with Crippen molar-refractivity contribution in [1.29, 1.82) is 0 Å². The molecule has 2 heterocycles. The van der Waals surface area contributed by atoms with Gasteiger partial charge in [0.05, 0.1) is 12.4 Å². The Kier molecular flexibility index (Phi) is 8.02. The molecule has 3 amide bonds. The van der Waals surface area contributed by atoms with Crippen molar-refractivity contribution in [2.24, 2.45) is 5.73 Å². The number of aromatic nitrogens is 2. The number of carboxylic acid groups (broad SMARTS) is 1. The van der Waals surface area contributed by atoms with Crippen LogP contribution in [0.4, 0.5) is 0 Å².